The number of hydrogen-bond donors (Lipinski definition) is 2. The highest BCUT2D eigenvalue weighted by atomic mass is 16.5. The molecule has 0 fully saturated rings. The van der Waals surface area contributed by atoms with E-state index in [4.69, 9.17) is 9.47 Å². The summed E-state index contributed by atoms with van der Waals surface area (Å²) in [5, 5.41) is 6.09. The summed E-state index contributed by atoms with van der Waals surface area (Å²) >= 11 is 0. The lowest BCUT2D eigenvalue weighted by Crippen LogP contribution is -2.26. The SMILES string of the molecule is COc1ccc(CCNC(=O)c2cc(NCc3ccccc3OC)ncn2)cc1. The van der Waals surface area contributed by atoms with Crippen molar-refractivity contribution in [3.05, 3.63) is 77.7 Å². The van der Waals surface area contributed by atoms with Crippen molar-refractivity contribution < 1.29 is 14.3 Å². The summed E-state index contributed by atoms with van der Waals surface area (Å²) < 4.78 is 10.5. The minimum atomic E-state index is -0.235. The van der Waals surface area contributed by atoms with Gasteiger partial charge in [-0.3, -0.25) is 4.79 Å². The third-order valence-corrected chi connectivity index (χ3v) is 4.41. The van der Waals surface area contributed by atoms with Gasteiger partial charge in [0.05, 0.1) is 14.2 Å². The van der Waals surface area contributed by atoms with Gasteiger partial charge in [-0.2, -0.15) is 0 Å². The smallest absolute Gasteiger partial charge is 0.270 e. The van der Waals surface area contributed by atoms with Crippen LogP contribution in [0.25, 0.3) is 0 Å². The zero-order valence-electron chi connectivity index (χ0n) is 16.5. The molecule has 3 rings (SSSR count). The Morgan fingerprint density at radius 2 is 1.79 bits per heavy atom. The molecule has 2 aromatic carbocycles. The van der Waals surface area contributed by atoms with Crippen molar-refractivity contribution in [1.29, 1.82) is 0 Å². The first-order valence-electron chi connectivity index (χ1n) is 9.28. The van der Waals surface area contributed by atoms with Gasteiger partial charge in [-0.05, 0) is 30.2 Å². The van der Waals surface area contributed by atoms with E-state index in [1.165, 1.54) is 6.33 Å². The van der Waals surface area contributed by atoms with Crippen LogP contribution >= 0.6 is 0 Å². The van der Waals surface area contributed by atoms with E-state index in [1.54, 1.807) is 20.3 Å². The molecule has 1 aromatic heterocycles. The zero-order chi connectivity index (χ0) is 20.5. The highest BCUT2D eigenvalue weighted by Gasteiger charge is 2.09. The largest absolute Gasteiger partial charge is 0.497 e. The Hall–Kier alpha value is -3.61. The molecule has 0 aliphatic carbocycles. The Bertz CT molecular complexity index is 945. The second kappa shape index (κ2) is 10.1. The third kappa shape index (κ3) is 5.68. The van der Waals surface area contributed by atoms with Crippen LogP contribution < -0.4 is 20.1 Å². The lowest BCUT2D eigenvalue weighted by Gasteiger charge is -2.10. The highest BCUT2D eigenvalue weighted by Crippen LogP contribution is 2.18. The maximum absolute atomic E-state index is 12.4. The number of amides is 1. The molecule has 1 heterocycles. The van der Waals surface area contributed by atoms with Crippen molar-refractivity contribution in [1.82, 2.24) is 15.3 Å². The number of carbonyl (C=O) groups is 1. The van der Waals surface area contributed by atoms with Crippen molar-refractivity contribution in [3.63, 3.8) is 0 Å². The first-order valence-corrected chi connectivity index (χ1v) is 9.28. The van der Waals surface area contributed by atoms with E-state index in [9.17, 15) is 4.79 Å². The number of hydrogen-bond acceptors (Lipinski definition) is 6. The quantitative estimate of drug-likeness (QED) is 0.582. The number of nitrogens with one attached hydrogen (secondary N) is 2. The van der Waals surface area contributed by atoms with Crippen LogP contribution in [0.4, 0.5) is 5.82 Å². The molecule has 0 saturated heterocycles. The molecule has 0 aliphatic heterocycles. The summed E-state index contributed by atoms with van der Waals surface area (Å²) in [6.07, 6.45) is 2.10. The van der Waals surface area contributed by atoms with E-state index in [2.05, 4.69) is 20.6 Å². The first-order chi connectivity index (χ1) is 14.2. The van der Waals surface area contributed by atoms with E-state index >= 15 is 0 Å². The Kier molecular flexibility index (Phi) is 7.00. The number of nitrogens with zero attached hydrogens (tertiary/aromatic N) is 2. The lowest BCUT2D eigenvalue weighted by atomic mass is 10.1. The van der Waals surface area contributed by atoms with E-state index < -0.39 is 0 Å². The molecule has 3 aromatic rings. The number of methoxy groups -OCH3 is 2. The lowest BCUT2D eigenvalue weighted by molar-refractivity contribution is 0.0949. The normalized spacial score (nSPS) is 10.3. The monoisotopic (exact) mass is 392 g/mol. The molecule has 7 nitrogen and oxygen atoms in total. The van der Waals surface area contributed by atoms with Gasteiger partial charge < -0.3 is 20.1 Å². The molecule has 2 N–H and O–H groups in total. The van der Waals surface area contributed by atoms with Crippen LogP contribution in [0.15, 0.2) is 60.9 Å². The number of benzene rings is 2. The molecular weight excluding hydrogens is 368 g/mol. The van der Waals surface area contributed by atoms with Gasteiger partial charge in [-0.25, -0.2) is 9.97 Å². The molecule has 0 atom stereocenters. The van der Waals surface area contributed by atoms with Crippen molar-refractivity contribution in [2.75, 3.05) is 26.1 Å². The first kappa shape index (κ1) is 20.1. The van der Waals surface area contributed by atoms with Gasteiger partial charge in [0, 0.05) is 24.7 Å². The van der Waals surface area contributed by atoms with Crippen molar-refractivity contribution in [2.45, 2.75) is 13.0 Å². The zero-order valence-corrected chi connectivity index (χ0v) is 16.5. The summed E-state index contributed by atoms with van der Waals surface area (Å²) in [6.45, 7) is 1.04. The minimum absolute atomic E-state index is 0.235. The molecule has 0 unspecified atom stereocenters. The summed E-state index contributed by atoms with van der Waals surface area (Å²) in [7, 11) is 3.27. The third-order valence-electron chi connectivity index (χ3n) is 4.41. The highest BCUT2D eigenvalue weighted by molar-refractivity contribution is 5.92. The molecule has 0 bridgehead atoms. The van der Waals surface area contributed by atoms with Crippen LogP contribution in [0.1, 0.15) is 21.6 Å². The standard InChI is InChI=1S/C22H24N4O3/c1-28-18-9-7-16(8-10-18)11-12-23-22(27)19-13-21(26-15-25-19)24-14-17-5-3-4-6-20(17)29-2/h3-10,13,15H,11-12,14H2,1-2H3,(H,23,27)(H,24,25,26). The van der Waals surface area contributed by atoms with E-state index in [0.717, 1.165) is 29.0 Å². The Balaban J connectivity index is 1.53. The molecule has 0 saturated carbocycles. The van der Waals surface area contributed by atoms with Crippen molar-refractivity contribution in [2.24, 2.45) is 0 Å². The Labute approximate surface area is 170 Å². The Morgan fingerprint density at radius 1 is 1.00 bits per heavy atom. The number of para-hydroxylation sites is 1. The minimum Gasteiger partial charge on any atom is -0.497 e. The molecule has 29 heavy (non-hydrogen) atoms. The van der Waals surface area contributed by atoms with E-state index in [-0.39, 0.29) is 5.91 Å². The molecule has 0 spiro atoms. The van der Waals surface area contributed by atoms with Gasteiger partial charge in [0.1, 0.15) is 29.3 Å². The van der Waals surface area contributed by atoms with E-state index in [1.807, 2.05) is 48.5 Å². The van der Waals surface area contributed by atoms with Gasteiger partial charge in [0.25, 0.3) is 5.91 Å². The number of ether oxygens (including phenoxy) is 2. The van der Waals surface area contributed by atoms with Gasteiger partial charge >= 0.3 is 0 Å². The number of carbonyl (C=O) groups excluding carboxylic acids is 1. The fraction of sp³-hybridized carbons (Fsp3) is 0.227. The van der Waals surface area contributed by atoms with Crippen LogP contribution in [-0.2, 0) is 13.0 Å². The van der Waals surface area contributed by atoms with Crippen LogP contribution in [0, 0.1) is 0 Å². The second-order valence-corrected chi connectivity index (χ2v) is 6.31. The summed E-state index contributed by atoms with van der Waals surface area (Å²) in [4.78, 5) is 20.6. The van der Waals surface area contributed by atoms with Crippen molar-refractivity contribution >= 4 is 11.7 Å². The fourth-order valence-electron chi connectivity index (χ4n) is 2.82. The van der Waals surface area contributed by atoms with Gasteiger partial charge in [-0.1, -0.05) is 30.3 Å². The van der Waals surface area contributed by atoms with Crippen LogP contribution in [0.5, 0.6) is 11.5 Å². The summed E-state index contributed by atoms with van der Waals surface area (Å²) in [5.41, 5.74) is 2.43. The number of anilines is 1. The predicted molar refractivity (Wildman–Crippen MR) is 111 cm³/mol. The predicted octanol–water partition coefficient (Wildman–Crippen LogP) is 3.08. The van der Waals surface area contributed by atoms with Gasteiger partial charge in [0.2, 0.25) is 0 Å². The van der Waals surface area contributed by atoms with E-state index in [0.29, 0.717) is 24.6 Å². The van der Waals surface area contributed by atoms with Crippen LogP contribution in [-0.4, -0.2) is 36.6 Å². The fourth-order valence-corrected chi connectivity index (χ4v) is 2.82. The summed E-state index contributed by atoms with van der Waals surface area (Å²) in [6, 6.07) is 17.1. The molecular formula is C22H24N4O3. The molecule has 7 heteroatoms. The van der Waals surface area contributed by atoms with Crippen LogP contribution in [0.2, 0.25) is 0 Å². The topological polar surface area (TPSA) is 85.4 Å². The molecule has 0 aliphatic rings. The number of aromatic nitrogens is 2. The van der Waals surface area contributed by atoms with Gasteiger partial charge in [0.15, 0.2) is 0 Å². The maximum atomic E-state index is 12.4. The average molecular weight is 392 g/mol. The van der Waals surface area contributed by atoms with Crippen molar-refractivity contribution in [3.8, 4) is 11.5 Å². The van der Waals surface area contributed by atoms with Crippen LogP contribution in [0.3, 0.4) is 0 Å². The molecule has 0 radical (unpaired) electrons. The Morgan fingerprint density at radius 3 is 2.55 bits per heavy atom. The number of rotatable bonds is 9. The maximum Gasteiger partial charge on any atom is 0.270 e. The second-order valence-electron chi connectivity index (χ2n) is 6.31. The molecule has 150 valence electrons. The van der Waals surface area contributed by atoms with Gasteiger partial charge in [-0.15, -0.1) is 0 Å². The summed E-state index contributed by atoms with van der Waals surface area (Å²) in [5.74, 6) is 1.95. The molecule has 1 amide bonds. The average Bonchev–Trinajstić information content (AvgIpc) is 2.78.